The number of unbranched alkanes of at least 4 members (excludes halogenated alkanes) is 2. The van der Waals surface area contributed by atoms with Crippen molar-refractivity contribution in [2.75, 3.05) is 142 Å². The number of nitrogens with one attached hydrogen (secondary N) is 5. The highest BCUT2D eigenvalue weighted by molar-refractivity contribution is 7.99. The van der Waals surface area contributed by atoms with Gasteiger partial charge < -0.3 is 76.8 Å². The molecule has 3 fully saturated rings. The van der Waals surface area contributed by atoms with Crippen molar-refractivity contribution in [3.63, 3.8) is 0 Å². The maximum Gasteiger partial charge on any atom is 0.317 e. The smallest absolute Gasteiger partial charge is 0.317 e. The first-order valence-electron chi connectivity index (χ1n) is 40.3. The summed E-state index contributed by atoms with van der Waals surface area (Å²) in [5.74, 6) is -8.59. The van der Waals surface area contributed by atoms with Crippen LogP contribution in [0.3, 0.4) is 0 Å². The number of ether oxygens (including phenoxy) is 3. The number of thioether (sulfide) groups is 3. The molecule has 8 amide bonds. The van der Waals surface area contributed by atoms with Crippen molar-refractivity contribution in [2.45, 2.75) is 189 Å². The Balaban J connectivity index is 1.000. The van der Waals surface area contributed by atoms with Crippen LogP contribution >= 0.6 is 35.3 Å². The lowest BCUT2D eigenvalue weighted by molar-refractivity contribution is -0.148. The van der Waals surface area contributed by atoms with Gasteiger partial charge in [-0.05, 0) is 99.1 Å². The number of hydrogen-bond donors (Lipinski definition) is 10. The van der Waals surface area contributed by atoms with Gasteiger partial charge in [-0.1, -0.05) is 68.3 Å². The molecule has 0 aliphatic carbocycles. The number of aliphatic hydroxyl groups is 1. The van der Waals surface area contributed by atoms with E-state index in [0.29, 0.717) is 172 Å². The predicted molar refractivity (Wildman–Crippen MR) is 434 cm³/mol. The van der Waals surface area contributed by atoms with E-state index in [4.69, 9.17) is 19.9 Å². The summed E-state index contributed by atoms with van der Waals surface area (Å²) in [7, 11) is 0. The summed E-state index contributed by atoms with van der Waals surface area (Å²) in [6.45, 7) is 9.01. The standard InChI is InChI=1S/C80H121N11O21S3/c1-3-4-6-16-63(94)45-60-53-114-51-58-41-57(50-113-40-11-17-62(93)20-23-70(97)82-24-12-34-110-36-38-112-39-37-111-35-13-25-83-71(98)47-87-28-30-88(48-72(99)100)32-33-89(31-29-87)49-73(101)102)42-59(43-58)52-115-54-61(80(108)109)46-68(95)65(44-56-14-7-5-8-15-56)85-75(103)64(21-22-69(81)96)84-77(105)74(55(2)92)86-76(104)66-18-9-26-90(66)79(107)67-19-10-27-91(67)78(60)106/h5,7-8,14-15,41-43,55,60-61,64-67,74,92H,3-4,6,9-13,16-40,44-54H2,1-2H3,(H2,81,96)(H,82,97)(H,83,98)(H,84,105)(H,85,103)(H,86,104)(H,99,100)(H,101,102)(H,108,109)/t55-,60+,61+,64+,65+,66+,67+,74+/m1/s1. The van der Waals surface area contributed by atoms with Gasteiger partial charge in [-0.2, -0.15) is 35.3 Å². The quantitative estimate of drug-likeness (QED) is 0.0427. The van der Waals surface area contributed by atoms with Gasteiger partial charge in [0.15, 0.2) is 5.78 Å². The number of Topliss-reactive ketones (excluding diaryl/α,β-unsaturated/α-hetero) is 3. The number of aliphatic carboxylic acids is 3. The number of carboxylic acids is 3. The number of fused-ring (bicyclic) bond motifs is 4. The molecule has 4 aliphatic heterocycles. The molecule has 32 nitrogen and oxygen atoms in total. The molecule has 0 aromatic heterocycles. The molecule has 640 valence electrons. The van der Waals surface area contributed by atoms with Gasteiger partial charge in [0.1, 0.15) is 35.7 Å². The first kappa shape index (κ1) is 96.2. The van der Waals surface area contributed by atoms with E-state index in [1.54, 1.807) is 51.9 Å². The fourth-order valence-electron chi connectivity index (χ4n) is 14.0. The van der Waals surface area contributed by atoms with Crippen LogP contribution in [0.5, 0.6) is 0 Å². The second kappa shape index (κ2) is 53.7. The average Bonchev–Trinajstić information content (AvgIpc) is 1.67. The Morgan fingerprint density at radius 3 is 1.72 bits per heavy atom. The number of benzene rings is 2. The number of amides is 8. The van der Waals surface area contributed by atoms with Crippen molar-refractivity contribution in [1.29, 1.82) is 0 Å². The van der Waals surface area contributed by atoms with Gasteiger partial charge in [-0.25, -0.2) is 0 Å². The summed E-state index contributed by atoms with van der Waals surface area (Å²) in [5, 5.41) is 53.8. The maximum atomic E-state index is 14.9. The highest BCUT2D eigenvalue weighted by Crippen LogP contribution is 2.31. The molecule has 8 atom stereocenters. The number of aliphatic hydroxyl groups excluding tert-OH is 1. The molecule has 6 rings (SSSR count). The van der Waals surface area contributed by atoms with Crippen LogP contribution < -0.4 is 32.3 Å². The van der Waals surface area contributed by atoms with Crippen LogP contribution in [0.25, 0.3) is 0 Å². The fourth-order valence-corrected chi connectivity index (χ4v) is 17.1. The Hall–Kier alpha value is -7.61. The summed E-state index contributed by atoms with van der Waals surface area (Å²) in [5.41, 5.74) is 8.84. The Labute approximate surface area is 686 Å². The normalized spacial score (nSPS) is 21.5. The zero-order chi connectivity index (χ0) is 83.4. The first-order valence-corrected chi connectivity index (χ1v) is 43.8. The van der Waals surface area contributed by atoms with E-state index in [-0.39, 0.29) is 118 Å². The molecule has 0 spiro atoms. The maximum absolute atomic E-state index is 14.9. The van der Waals surface area contributed by atoms with Crippen LogP contribution in [0.2, 0.25) is 0 Å². The second-order valence-electron chi connectivity index (χ2n) is 29.8. The van der Waals surface area contributed by atoms with Crippen LogP contribution in [-0.2, 0) is 105 Å². The summed E-state index contributed by atoms with van der Waals surface area (Å²) in [6.07, 6.45) is 3.27. The van der Waals surface area contributed by atoms with Crippen LogP contribution in [0.1, 0.15) is 152 Å². The van der Waals surface area contributed by atoms with Gasteiger partial charge in [0.05, 0.1) is 70.0 Å². The molecule has 35 heteroatoms. The summed E-state index contributed by atoms with van der Waals surface area (Å²) in [6, 6.07) is 8.15. The third-order valence-electron chi connectivity index (χ3n) is 20.2. The topological polar surface area (TPSA) is 450 Å². The van der Waals surface area contributed by atoms with Gasteiger partial charge in [0.2, 0.25) is 47.3 Å². The number of carbonyl (C=O) groups excluding carboxylic acids is 11. The number of primary amides is 1. The largest absolute Gasteiger partial charge is 0.481 e. The molecule has 3 saturated heterocycles. The van der Waals surface area contributed by atoms with Crippen LogP contribution in [0.15, 0.2) is 48.5 Å². The van der Waals surface area contributed by atoms with Crippen molar-refractivity contribution in [2.24, 2.45) is 17.6 Å². The monoisotopic (exact) mass is 1670 g/mol. The SMILES string of the molecule is CCCCCC(=O)C[C@H]1CSCc2cc(CSCCCC(=O)CCC(=O)NCCCOCCOCCOCCCNC(=O)CN3CCN(CC(=O)O)CCN(CC(=O)O)CC3)cc(c2)CSC[C@@H](C(=O)O)CC(=O)[C@H](Cc2ccccc2)NC(=O)[C@H](CCC(N)=O)NC(=O)[C@H]([C@@H](C)O)NC(=O)[C@@H]2CCCN2C(=O)[C@@H]2CCCN2C1=O. The molecule has 0 saturated carbocycles. The summed E-state index contributed by atoms with van der Waals surface area (Å²) >= 11 is 4.39. The molecular weight excluding hydrogens is 1550 g/mol. The zero-order valence-corrected chi connectivity index (χ0v) is 69.1. The third-order valence-corrected chi connectivity index (χ3v) is 23.7. The van der Waals surface area contributed by atoms with Crippen molar-refractivity contribution >= 4 is 118 Å². The molecule has 2 aromatic carbocycles. The Kier molecular flexibility index (Phi) is 44.9. The third kappa shape index (κ3) is 37.3. The number of nitrogens with zero attached hydrogens (tertiary/aromatic N) is 5. The Morgan fingerprint density at radius 2 is 1.14 bits per heavy atom. The van der Waals surface area contributed by atoms with Gasteiger partial charge in [0, 0.05) is 152 Å². The molecule has 0 unspecified atom stereocenters. The minimum Gasteiger partial charge on any atom is -0.481 e. The molecule has 4 heterocycles. The number of nitrogens with two attached hydrogens (primary N) is 1. The van der Waals surface area contributed by atoms with E-state index in [2.05, 4.69) is 32.7 Å². The predicted octanol–water partition coefficient (Wildman–Crippen LogP) is 2.82. The highest BCUT2D eigenvalue weighted by Gasteiger charge is 2.45. The number of ketones is 3. The van der Waals surface area contributed by atoms with Crippen molar-refractivity contribution < 1.29 is 102 Å². The first-order chi connectivity index (χ1) is 55.3. The van der Waals surface area contributed by atoms with Crippen LogP contribution in [0.4, 0.5) is 0 Å². The fraction of sp³-hybridized carbons (Fsp3) is 0.675. The van der Waals surface area contributed by atoms with Crippen LogP contribution in [-0.4, -0.2) is 306 Å². The van der Waals surface area contributed by atoms with E-state index in [0.717, 1.165) is 29.5 Å². The Bertz CT molecular complexity index is 3470. The average molecular weight is 1670 g/mol. The molecule has 11 N–H and O–H groups in total. The van der Waals surface area contributed by atoms with Gasteiger partial charge >= 0.3 is 17.9 Å². The molecule has 4 aliphatic rings. The molecule has 115 heavy (non-hydrogen) atoms. The number of carboxylic acid groups (broad SMARTS) is 3. The second-order valence-corrected chi connectivity index (χ2v) is 32.9. The van der Waals surface area contributed by atoms with Crippen molar-refractivity contribution in [1.82, 2.24) is 51.1 Å². The minimum absolute atomic E-state index is 0.0149. The molecule has 0 radical (unpaired) electrons. The zero-order valence-electron chi connectivity index (χ0n) is 66.6. The molecule has 2 aromatic rings. The summed E-state index contributed by atoms with van der Waals surface area (Å²) in [4.78, 5) is 195. The lowest BCUT2D eigenvalue weighted by atomic mass is 9.95. The van der Waals surface area contributed by atoms with E-state index >= 15 is 0 Å². The van der Waals surface area contributed by atoms with E-state index in [9.17, 15) is 87.5 Å². The van der Waals surface area contributed by atoms with E-state index in [1.165, 1.54) is 40.2 Å². The van der Waals surface area contributed by atoms with Gasteiger partial charge in [-0.3, -0.25) is 81.8 Å². The van der Waals surface area contributed by atoms with Gasteiger partial charge in [-0.15, -0.1) is 0 Å². The molecule has 2 bridgehead atoms. The lowest BCUT2D eigenvalue weighted by Crippen LogP contribution is -2.61. The number of hydrogen-bond acceptors (Lipinski definition) is 24. The highest BCUT2D eigenvalue weighted by atomic mass is 32.2. The van der Waals surface area contributed by atoms with E-state index < -0.39 is 114 Å². The minimum atomic E-state index is -1.69. The van der Waals surface area contributed by atoms with Crippen molar-refractivity contribution in [3.05, 3.63) is 70.8 Å². The Morgan fingerprint density at radius 1 is 0.583 bits per heavy atom. The van der Waals surface area contributed by atoms with Gasteiger partial charge in [0.25, 0.3) is 0 Å². The lowest BCUT2D eigenvalue weighted by Gasteiger charge is -2.33. The van der Waals surface area contributed by atoms with E-state index in [1.807, 2.05) is 24.0 Å². The number of rotatable bonds is 42. The molecular formula is C80H121N11O21S3. The summed E-state index contributed by atoms with van der Waals surface area (Å²) < 4.78 is 16.9. The van der Waals surface area contributed by atoms with Crippen LogP contribution in [0, 0.1) is 11.8 Å². The van der Waals surface area contributed by atoms with Crippen molar-refractivity contribution in [3.8, 4) is 0 Å². The number of carbonyl (C=O) groups is 14.